The molecule has 0 unspecified atom stereocenters. The number of carbonyl (C=O) groups excluding carboxylic acids is 3. The average molecular weight is 454 g/mol. The van der Waals surface area contributed by atoms with Crippen molar-refractivity contribution in [3.63, 3.8) is 0 Å². The summed E-state index contributed by atoms with van der Waals surface area (Å²) in [6, 6.07) is 18.3. The van der Waals surface area contributed by atoms with Gasteiger partial charge in [0.2, 0.25) is 5.91 Å². The highest BCUT2D eigenvalue weighted by atomic mass is 16.5. The first kappa shape index (κ1) is 22.5. The number of hydrogen-bond donors (Lipinski definition) is 1. The van der Waals surface area contributed by atoms with E-state index in [4.69, 9.17) is 9.47 Å². The van der Waals surface area contributed by atoms with E-state index >= 15 is 0 Å². The first-order valence-corrected chi connectivity index (χ1v) is 10.6. The fourth-order valence-electron chi connectivity index (χ4n) is 3.46. The molecule has 0 radical (unpaired) electrons. The fourth-order valence-corrected chi connectivity index (χ4v) is 3.46. The van der Waals surface area contributed by atoms with Crippen molar-refractivity contribution in [2.45, 2.75) is 6.92 Å². The number of carbonyl (C=O) groups is 3. The largest absolute Gasteiger partial charge is 0.497 e. The molecule has 1 heterocycles. The van der Waals surface area contributed by atoms with Gasteiger partial charge in [-0.3, -0.25) is 14.4 Å². The van der Waals surface area contributed by atoms with E-state index < -0.39 is 11.8 Å². The number of nitrogens with one attached hydrogen (secondary N) is 1. The third-order valence-corrected chi connectivity index (χ3v) is 5.08. The number of fused-ring (bicyclic) bond motifs is 1. The van der Waals surface area contributed by atoms with Gasteiger partial charge in [-0.2, -0.15) is 0 Å². The summed E-state index contributed by atoms with van der Waals surface area (Å²) < 4.78 is 11.0. The van der Waals surface area contributed by atoms with Crippen LogP contribution in [0.3, 0.4) is 0 Å². The number of anilines is 2. The Kier molecular flexibility index (Phi) is 6.54. The summed E-state index contributed by atoms with van der Waals surface area (Å²) >= 11 is 0. The first-order valence-electron chi connectivity index (χ1n) is 10.6. The Bertz CT molecular complexity index is 1310. The van der Waals surface area contributed by atoms with Crippen LogP contribution in [0.2, 0.25) is 0 Å². The second-order valence-corrected chi connectivity index (χ2v) is 7.36. The van der Waals surface area contributed by atoms with Crippen molar-refractivity contribution in [1.82, 2.24) is 0 Å². The van der Waals surface area contributed by atoms with Gasteiger partial charge < -0.3 is 14.8 Å². The maximum Gasteiger partial charge on any atom is 0.266 e. The fraction of sp³-hybridized carbons (Fsp3) is 0.0741. The van der Waals surface area contributed by atoms with Gasteiger partial charge >= 0.3 is 0 Å². The van der Waals surface area contributed by atoms with Gasteiger partial charge in [-0.15, -0.1) is 0 Å². The Balaban J connectivity index is 1.51. The summed E-state index contributed by atoms with van der Waals surface area (Å²) in [7, 11) is 1.55. The smallest absolute Gasteiger partial charge is 0.266 e. The van der Waals surface area contributed by atoms with E-state index in [1.165, 1.54) is 6.08 Å². The Morgan fingerprint density at radius 3 is 2.29 bits per heavy atom. The summed E-state index contributed by atoms with van der Waals surface area (Å²) in [5.74, 6) is 0.405. The second kappa shape index (κ2) is 9.87. The molecule has 0 fully saturated rings. The standard InChI is InChI=1S/C27H22N2O5/c1-3-4-5-9-25(30)28-18-7-6-8-21(16-18)34-22-14-15-23-24(17-22)27(32)29(26(23)31)19-10-12-20(33-2)13-11-19/h3-17H,1-2H3,(H,28,30)/b4-3+,9-5+. The zero-order valence-corrected chi connectivity index (χ0v) is 18.6. The molecular weight excluding hydrogens is 432 g/mol. The summed E-state index contributed by atoms with van der Waals surface area (Å²) in [6.45, 7) is 1.86. The number of methoxy groups -OCH3 is 1. The van der Waals surface area contributed by atoms with Crippen LogP contribution in [0.15, 0.2) is 91.0 Å². The van der Waals surface area contributed by atoms with Crippen molar-refractivity contribution in [3.8, 4) is 17.2 Å². The number of ether oxygens (including phenoxy) is 2. The van der Waals surface area contributed by atoms with Gasteiger partial charge in [0.05, 0.1) is 23.9 Å². The lowest BCUT2D eigenvalue weighted by molar-refractivity contribution is -0.111. The quantitative estimate of drug-likeness (QED) is 0.295. The molecule has 0 saturated carbocycles. The van der Waals surface area contributed by atoms with Crippen molar-refractivity contribution in [3.05, 3.63) is 102 Å². The van der Waals surface area contributed by atoms with Gasteiger partial charge in [0.1, 0.15) is 17.2 Å². The van der Waals surface area contributed by atoms with Crippen LogP contribution in [0.1, 0.15) is 27.6 Å². The van der Waals surface area contributed by atoms with Gasteiger partial charge in [-0.05, 0) is 61.5 Å². The molecule has 0 spiro atoms. The summed E-state index contributed by atoms with van der Waals surface area (Å²) in [5.41, 5.74) is 1.59. The van der Waals surface area contributed by atoms with Gasteiger partial charge in [-0.25, -0.2) is 4.90 Å². The zero-order valence-electron chi connectivity index (χ0n) is 18.6. The molecule has 3 aromatic carbocycles. The minimum Gasteiger partial charge on any atom is -0.497 e. The van der Waals surface area contributed by atoms with Crippen molar-refractivity contribution in [2.24, 2.45) is 0 Å². The van der Waals surface area contributed by atoms with Crippen molar-refractivity contribution in [2.75, 3.05) is 17.3 Å². The third-order valence-electron chi connectivity index (χ3n) is 5.08. The maximum absolute atomic E-state index is 13.0. The normalized spacial score (nSPS) is 12.9. The van der Waals surface area contributed by atoms with Gasteiger partial charge in [0.25, 0.3) is 11.8 Å². The molecule has 3 amide bonds. The van der Waals surface area contributed by atoms with E-state index in [0.717, 1.165) is 4.90 Å². The highest BCUT2D eigenvalue weighted by Crippen LogP contribution is 2.33. The number of allylic oxidation sites excluding steroid dienone is 3. The Labute approximate surface area is 196 Å². The molecule has 0 bridgehead atoms. The van der Waals surface area contributed by atoms with Crippen LogP contribution in [0.4, 0.5) is 11.4 Å². The molecule has 34 heavy (non-hydrogen) atoms. The Morgan fingerprint density at radius 1 is 0.853 bits per heavy atom. The van der Waals surface area contributed by atoms with Crippen molar-refractivity contribution in [1.29, 1.82) is 0 Å². The maximum atomic E-state index is 13.0. The van der Waals surface area contributed by atoms with E-state index in [-0.39, 0.29) is 11.5 Å². The van der Waals surface area contributed by atoms with Crippen LogP contribution >= 0.6 is 0 Å². The van der Waals surface area contributed by atoms with Crippen molar-refractivity contribution >= 4 is 29.1 Å². The molecule has 1 aliphatic rings. The molecule has 0 aromatic heterocycles. The molecule has 7 nitrogen and oxygen atoms in total. The minimum atomic E-state index is -0.426. The molecule has 1 aliphatic heterocycles. The lowest BCUT2D eigenvalue weighted by Crippen LogP contribution is -2.29. The van der Waals surface area contributed by atoms with Crippen LogP contribution < -0.4 is 19.7 Å². The van der Waals surface area contributed by atoms with Crippen LogP contribution in [0.25, 0.3) is 0 Å². The molecule has 0 aliphatic carbocycles. The van der Waals surface area contributed by atoms with E-state index in [1.807, 2.05) is 13.0 Å². The summed E-state index contributed by atoms with van der Waals surface area (Å²) in [6.07, 6.45) is 6.65. The third kappa shape index (κ3) is 4.73. The first-order chi connectivity index (χ1) is 16.5. The van der Waals surface area contributed by atoms with Crippen LogP contribution in [0.5, 0.6) is 17.2 Å². The predicted octanol–water partition coefficient (Wildman–Crippen LogP) is 5.36. The molecular formula is C27H22N2O5. The highest BCUT2D eigenvalue weighted by molar-refractivity contribution is 6.34. The van der Waals surface area contributed by atoms with Gasteiger partial charge in [-0.1, -0.05) is 24.3 Å². The van der Waals surface area contributed by atoms with Crippen LogP contribution in [0, 0.1) is 0 Å². The molecule has 170 valence electrons. The SMILES string of the molecule is C/C=C/C=C/C(=O)Nc1cccc(Oc2ccc3c(c2)C(=O)N(c2ccc(OC)cc2)C3=O)c1. The van der Waals surface area contributed by atoms with Crippen LogP contribution in [-0.4, -0.2) is 24.8 Å². The second-order valence-electron chi connectivity index (χ2n) is 7.36. The van der Waals surface area contributed by atoms with Gasteiger partial charge in [0.15, 0.2) is 0 Å². The predicted molar refractivity (Wildman–Crippen MR) is 130 cm³/mol. The van der Waals surface area contributed by atoms with Gasteiger partial charge in [0, 0.05) is 17.8 Å². The lowest BCUT2D eigenvalue weighted by atomic mass is 10.1. The Hall–Kier alpha value is -4.65. The Morgan fingerprint density at radius 2 is 1.56 bits per heavy atom. The number of imide groups is 1. The van der Waals surface area contributed by atoms with E-state index in [0.29, 0.717) is 34.2 Å². The minimum absolute atomic E-state index is 0.261. The number of benzene rings is 3. The van der Waals surface area contributed by atoms with Crippen LogP contribution in [-0.2, 0) is 4.79 Å². The molecule has 4 rings (SSSR count). The molecule has 0 saturated heterocycles. The topological polar surface area (TPSA) is 84.9 Å². The van der Waals surface area contributed by atoms with E-state index in [9.17, 15) is 14.4 Å². The molecule has 0 atom stereocenters. The number of amides is 3. The molecule has 3 aromatic rings. The van der Waals surface area contributed by atoms with E-state index in [2.05, 4.69) is 5.32 Å². The molecule has 1 N–H and O–H groups in total. The monoisotopic (exact) mass is 454 g/mol. The number of rotatable bonds is 7. The van der Waals surface area contributed by atoms with E-state index in [1.54, 1.807) is 86.0 Å². The number of nitrogens with zero attached hydrogens (tertiary/aromatic N) is 1. The molecule has 7 heteroatoms. The lowest BCUT2D eigenvalue weighted by Gasteiger charge is -2.14. The highest BCUT2D eigenvalue weighted by Gasteiger charge is 2.37. The summed E-state index contributed by atoms with van der Waals surface area (Å²) in [4.78, 5) is 39.0. The van der Waals surface area contributed by atoms with Crippen molar-refractivity contribution < 1.29 is 23.9 Å². The zero-order chi connectivity index (χ0) is 24.1. The number of hydrogen-bond acceptors (Lipinski definition) is 5. The summed E-state index contributed by atoms with van der Waals surface area (Å²) in [5, 5.41) is 2.76. The average Bonchev–Trinajstić information content (AvgIpc) is 3.09.